The SMILES string of the molecule is CC(C)(C)CC(CO)NC(=O)Cn1ccc([N+](=O)[O-])n1. The summed E-state index contributed by atoms with van der Waals surface area (Å²) in [7, 11) is 0. The Balaban J connectivity index is 2.55. The fraction of sp³-hybridized carbons (Fsp3) is 0.667. The molecule has 1 aromatic rings. The summed E-state index contributed by atoms with van der Waals surface area (Å²) >= 11 is 0. The van der Waals surface area contributed by atoms with Gasteiger partial charge in [0.2, 0.25) is 5.91 Å². The van der Waals surface area contributed by atoms with Gasteiger partial charge in [0, 0.05) is 0 Å². The number of carbonyl (C=O) groups excluding carboxylic acids is 1. The normalized spacial score (nSPS) is 13.0. The molecule has 0 fully saturated rings. The highest BCUT2D eigenvalue weighted by molar-refractivity contribution is 5.76. The average Bonchev–Trinajstić information content (AvgIpc) is 2.74. The van der Waals surface area contributed by atoms with Crippen molar-refractivity contribution in [2.45, 2.75) is 39.8 Å². The van der Waals surface area contributed by atoms with Crippen molar-refractivity contribution >= 4 is 11.7 Å². The molecule has 8 nitrogen and oxygen atoms in total. The Labute approximate surface area is 116 Å². The van der Waals surface area contributed by atoms with Gasteiger partial charge in [0.1, 0.15) is 6.54 Å². The third kappa shape index (κ3) is 5.35. The monoisotopic (exact) mass is 284 g/mol. The minimum Gasteiger partial charge on any atom is -0.394 e. The van der Waals surface area contributed by atoms with Crippen LogP contribution in [-0.4, -0.2) is 38.4 Å². The lowest BCUT2D eigenvalue weighted by Gasteiger charge is -2.25. The van der Waals surface area contributed by atoms with Crippen molar-refractivity contribution in [3.05, 3.63) is 22.4 Å². The Morgan fingerprint density at radius 3 is 2.70 bits per heavy atom. The second-order valence-corrected chi connectivity index (χ2v) is 5.84. The van der Waals surface area contributed by atoms with E-state index < -0.39 is 4.92 Å². The largest absolute Gasteiger partial charge is 0.394 e. The van der Waals surface area contributed by atoms with Crippen LogP contribution in [0.4, 0.5) is 5.82 Å². The lowest BCUT2D eigenvalue weighted by Crippen LogP contribution is -2.41. The number of aliphatic hydroxyl groups excluding tert-OH is 1. The maximum atomic E-state index is 11.8. The van der Waals surface area contributed by atoms with Crippen LogP contribution >= 0.6 is 0 Å². The molecule has 112 valence electrons. The predicted octanol–water partition coefficient (Wildman–Crippen LogP) is 0.705. The maximum Gasteiger partial charge on any atom is 0.389 e. The minimum absolute atomic E-state index is 0.0227. The van der Waals surface area contributed by atoms with E-state index in [4.69, 9.17) is 0 Å². The number of aliphatic hydroxyl groups is 1. The van der Waals surface area contributed by atoms with Gasteiger partial charge in [-0.05, 0) is 16.8 Å². The molecule has 0 radical (unpaired) electrons. The molecule has 0 saturated heterocycles. The Morgan fingerprint density at radius 2 is 2.25 bits per heavy atom. The second-order valence-electron chi connectivity index (χ2n) is 5.84. The van der Waals surface area contributed by atoms with E-state index in [1.165, 1.54) is 16.9 Å². The molecule has 0 aliphatic carbocycles. The molecule has 1 aromatic heterocycles. The molecular formula is C12H20N4O4. The number of amides is 1. The predicted molar refractivity (Wildman–Crippen MR) is 72.0 cm³/mol. The minimum atomic E-state index is -0.621. The lowest BCUT2D eigenvalue weighted by atomic mass is 9.88. The van der Waals surface area contributed by atoms with Gasteiger partial charge in [-0.25, -0.2) is 0 Å². The van der Waals surface area contributed by atoms with Crippen LogP contribution in [0.25, 0.3) is 0 Å². The summed E-state index contributed by atoms with van der Waals surface area (Å²) in [4.78, 5) is 21.7. The second kappa shape index (κ2) is 6.47. The van der Waals surface area contributed by atoms with Gasteiger partial charge >= 0.3 is 5.82 Å². The van der Waals surface area contributed by atoms with E-state index in [-0.39, 0.29) is 36.3 Å². The van der Waals surface area contributed by atoms with Crippen LogP contribution in [0.1, 0.15) is 27.2 Å². The highest BCUT2D eigenvalue weighted by atomic mass is 16.6. The van der Waals surface area contributed by atoms with Gasteiger partial charge in [-0.15, -0.1) is 0 Å². The Morgan fingerprint density at radius 1 is 1.60 bits per heavy atom. The highest BCUT2D eigenvalue weighted by Gasteiger charge is 2.21. The molecule has 1 amide bonds. The van der Waals surface area contributed by atoms with Crippen molar-refractivity contribution in [2.24, 2.45) is 5.41 Å². The summed E-state index contributed by atoms with van der Waals surface area (Å²) in [6.07, 6.45) is 2.00. The van der Waals surface area contributed by atoms with Gasteiger partial charge < -0.3 is 20.5 Å². The van der Waals surface area contributed by atoms with Crippen LogP contribution in [0.2, 0.25) is 0 Å². The maximum absolute atomic E-state index is 11.8. The molecule has 0 aliphatic rings. The summed E-state index contributed by atoms with van der Waals surface area (Å²) in [5, 5.41) is 26.1. The first-order valence-electron chi connectivity index (χ1n) is 6.29. The zero-order valence-electron chi connectivity index (χ0n) is 11.9. The van der Waals surface area contributed by atoms with E-state index in [1.54, 1.807) is 0 Å². The summed E-state index contributed by atoms with van der Waals surface area (Å²) in [6, 6.07) is 0.888. The van der Waals surface area contributed by atoms with Gasteiger partial charge in [0.15, 0.2) is 0 Å². The standard InChI is InChI=1S/C12H20N4O4/c1-12(2,3)6-9(8-17)13-11(18)7-15-5-4-10(14-15)16(19)20/h4-5,9,17H,6-8H2,1-3H3,(H,13,18). The third-order valence-electron chi connectivity index (χ3n) is 2.56. The number of rotatable bonds is 6. The van der Waals surface area contributed by atoms with E-state index >= 15 is 0 Å². The molecule has 0 bridgehead atoms. The molecule has 1 unspecified atom stereocenters. The van der Waals surface area contributed by atoms with Gasteiger partial charge in [-0.1, -0.05) is 20.8 Å². The van der Waals surface area contributed by atoms with Gasteiger partial charge in [-0.2, -0.15) is 4.68 Å². The highest BCUT2D eigenvalue weighted by Crippen LogP contribution is 2.20. The number of nitrogens with zero attached hydrogens (tertiary/aromatic N) is 3. The Kier molecular flexibility index (Phi) is 5.20. The Hall–Kier alpha value is -1.96. The summed E-state index contributed by atoms with van der Waals surface area (Å²) in [5.74, 6) is -0.641. The van der Waals surface area contributed by atoms with Crippen molar-refractivity contribution in [2.75, 3.05) is 6.61 Å². The van der Waals surface area contributed by atoms with Crippen LogP contribution in [-0.2, 0) is 11.3 Å². The number of hydrogen-bond donors (Lipinski definition) is 2. The molecule has 0 spiro atoms. The molecule has 1 rings (SSSR count). The quantitative estimate of drug-likeness (QED) is 0.590. The van der Waals surface area contributed by atoms with Crippen molar-refractivity contribution in [3.63, 3.8) is 0 Å². The first-order chi connectivity index (χ1) is 9.21. The fourth-order valence-corrected chi connectivity index (χ4v) is 1.86. The number of nitrogens with one attached hydrogen (secondary N) is 1. The zero-order valence-corrected chi connectivity index (χ0v) is 11.9. The number of aromatic nitrogens is 2. The third-order valence-corrected chi connectivity index (χ3v) is 2.56. The van der Waals surface area contributed by atoms with Crippen molar-refractivity contribution in [1.82, 2.24) is 15.1 Å². The molecule has 0 aromatic carbocycles. The Bertz CT molecular complexity index is 478. The summed E-state index contributed by atoms with van der Waals surface area (Å²) < 4.78 is 1.19. The van der Waals surface area contributed by atoms with E-state index in [1.807, 2.05) is 20.8 Å². The first kappa shape index (κ1) is 16.1. The first-order valence-corrected chi connectivity index (χ1v) is 6.29. The van der Waals surface area contributed by atoms with E-state index in [2.05, 4.69) is 10.4 Å². The number of hydrogen-bond acceptors (Lipinski definition) is 5. The zero-order chi connectivity index (χ0) is 15.3. The average molecular weight is 284 g/mol. The van der Waals surface area contributed by atoms with Crippen LogP contribution in [0, 0.1) is 15.5 Å². The molecular weight excluding hydrogens is 264 g/mol. The van der Waals surface area contributed by atoms with E-state index in [0.717, 1.165) is 0 Å². The molecule has 2 N–H and O–H groups in total. The topological polar surface area (TPSA) is 110 Å². The fourth-order valence-electron chi connectivity index (χ4n) is 1.86. The smallest absolute Gasteiger partial charge is 0.389 e. The van der Waals surface area contributed by atoms with Crippen LogP contribution < -0.4 is 5.32 Å². The van der Waals surface area contributed by atoms with Gasteiger partial charge in [-0.3, -0.25) is 4.79 Å². The van der Waals surface area contributed by atoms with Crippen LogP contribution in [0.3, 0.4) is 0 Å². The lowest BCUT2D eigenvalue weighted by molar-refractivity contribution is -0.389. The number of carbonyl (C=O) groups is 1. The summed E-state index contributed by atoms with van der Waals surface area (Å²) in [6.45, 7) is 5.77. The number of nitro groups is 1. The summed E-state index contributed by atoms with van der Waals surface area (Å²) in [5.41, 5.74) is -0.0227. The van der Waals surface area contributed by atoms with Crippen molar-refractivity contribution < 1.29 is 14.8 Å². The molecule has 0 saturated carbocycles. The molecule has 20 heavy (non-hydrogen) atoms. The van der Waals surface area contributed by atoms with Crippen molar-refractivity contribution in [1.29, 1.82) is 0 Å². The van der Waals surface area contributed by atoms with Gasteiger partial charge in [0.05, 0.1) is 30.0 Å². The van der Waals surface area contributed by atoms with Crippen LogP contribution in [0.5, 0.6) is 0 Å². The molecule has 1 atom stereocenters. The van der Waals surface area contributed by atoms with E-state index in [0.29, 0.717) is 6.42 Å². The van der Waals surface area contributed by atoms with Gasteiger partial charge in [0.25, 0.3) is 0 Å². The van der Waals surface area contributed by atoms with Crippen LogP contribution in [0.15, 0.2) is 12.3 Å². The molecule has 8 heteroatoms. The molecule has 1 heterocycles. The van der Waals surface area contributed by atoms with E-state index in [9.17, 15) is 20.0 Å². The molecule has 0 aliphatic heterocycles. The van der Waals surface area contributed by atoms with Crippen molar-refractivity contribution in [3.8, 4) is 0 Å².